The van der Waals surface area contributed by atoms with Gasteiger partial charge >= 0.3 is 0 Å². The molecule has 0 fully saturated rings. The average Bonchev–Trinajstić information content (AvgIpc) is 3.32. The van der Waals surface area contributed by atoms with Gasteiger partial charge in [-0.15, -0.1) is 0 Å². The zero-order chi connectivity index (χ0) is 39.5. The molecule has 8 aromatic carbocycles. The van der Waals surface area contributed by atoms with Crippen LogP contribution in [0.4, 0.5) is 5.69 Å². The van der Waals surface area contributed by atoms with Gasteiger partial charge in [0.2, 0.25) is 0 Å². The first-order valence-corrected chi connectivity index (χ1v) is 19.5. The Morgan fingerprint density at radius 2 is 0.746 bits per heavy atom. The number of nitrogens with two attached hydrogens (primary N) is 1. The number of rotatable bonds is 8. The monoisotopic (exact) mass is 756 g/mol. The first kappa shape index (κ1) is 35.3. The number of anilines is 1. The van der Waals surface area contributed by atoms with Gasteiger partial charge in [0.05, 0.1) is 11.2 Å². The van der Waals surface area contributed by atoms with E-state index in [0.717, 1.165) is 83.5 Å². The second-order valence-corrected chi connectivity index (χ2v) is 14.3. The number of nitrogen functional groups attached to an aromatic ring is 1. The highest BCUT2D eigenvalue weighted by atomic mass is 15.0. The van der Waals surface area contributed by atoms with E-state index in [2.05, 4.69) is 97.1 Å². The molecular formula is C53H36N6. The van der Waals surface area contributed by atoms with Crippen LogP contribution in [0.1, 0.15) is 0 Å². The summed E-state index contributed by atoms with van der Waals surface area (Å²) in [4.78, 5) is 25.4. The van der Waals surface area contributed by atoms with Crippen LogP contribution < -0.4 is 5.73 Å². The molecule has 0 saturated heterocycles. The van der Waals surface area contributed by atoms with Crippen LogP contribution in [-0.4, -0.2) is 24.9 Å². The summed E-state index contributed by atoms with van der Waals surface area (Å²) in [5, 5.41) is 1.03. The standard InChI is InChI=1S/C53H36N6/c54-42-32-30-35(31-33-42)40-18-13-19-41(34-40)52-57-51(38-16-5-2-6-17-38)58-53(59-52)46-23-10-9-22-45(46)44-21-8-7-20-43(44)36-26-28-39(29-27-36)50-55-48-25-12-11-24-47(48)49(56-50)37-14-3-1-4-15-37/h1-34H,54H2. The minimum atomic E-state index is 0.593. The largest absolute Gasteiger partial charge is 0.399 e. The Morgan fingerprint density at radius 3 is 1.47 bits per heavy atom. The third kappa shape index (κ3) is 7.11. The zero-order valence-corrected chi connectivity index (χ0v) is 31.9. The van der Waals surface area contributed by atoms with Crippen molar-refractivity contribution in [1.82, 2.24) is 24.9 Å². The van der Waals surface area contributed by atoms with Gasteiger partial charge in [0.15, 0.2) is 23.3 Å². The molecule has 2 aromatic heterocycles. The molecular weight excluding hydrogens is 721 g/mol. The lowest BCUT2D eigenvalue weighted by atomic mass is 9.91. The van der Waals surface area contributed by atoms with Crippen molar-refractivity contribution in [3.63, 3.8) is 0 Å². The SMILES string of the molecule is Nc1ccc(-c2cccc(-c3nc(-c4ccccc4)nc(-c4ccccc4-c4ccccc4-c4ccc(-c5nc(-c6ccccc6)c6ccccc6n5)cc4)n3)c2)cc1. The van der Waals surface area contributed by atoms with E-state index >= 15 is 0 Å². The quantitative estimate of drug-likeness (QED) is 0.155. The number of aromatic nitrogens is 5. The van der Waals surface area contributed by atoms with Gasteiger partial charge in [-0.1, -0.05) is 182 Å². The van der Waals surface area contributed by atoms with Gasteiger partial charge in [0.25, 0.3) is 0 Å². The Kier molecular flexibility index (Phi) is 9.25. The van der Waals surface area contributed by atoms with Crippen molar-refractivity contribution in [3.8, 4) is 90.2 Å². The second-order valence-electron chi connectivity index (χ2n) is 14.3. The van der Waals surface area contributed by atoms with E-state index in [1.807, 2.05) is 109 Å². The summed E-state index contributed by atoms with van der Waals surface area (Å²) in [6.45, 7) is 0. The van der Waals surface area contributed by atoms with Crippen LogP contribution in [0.15, 0.2) is 206 Å². The minimum absolute atomic E-state index is 0.593. The first-order valence-electron chi connectivity index (χ1n) is 19.5. The molecule has 0 bridgehead atoms. The van der Waals surface area contributed by atoms with Crippen LogP contribution >= 0.6 is 0 Å². The summed E-state index contributed by atoms with van der Waals surface area (Å²) in [6, 6.07) is 70.1. The van der Waals surface area contributed by atoms with E-state index in [1.54, 1.807) is 0 Å². The Morgan fingerprint density at radius 1 is 0.271 bits per heavy atom. The summed E-state index contributed by atoms with van der Waals surface area (Å²) in [6.07, 6.45) is 0. The van der Waals surface area contributed by atoms with Crippen molar-refractivity contribution in [1.29, 1.82) is 0 Å². The Labute approximate surface area is 342 Å². The number of nitrogens with zero attached hydrogens (tertiary/aromatic N) is 5. The molecule has 0 saturated carbocycles. The Hall–Kier alpha value is -8.09. The molecule has 2 heterocycles. The van der Waals surface area contributed by atoms with Gasteiger partial charge in [-0.25, -0.2) is 24.9 Å². The summed E-state index contributed by atoms with van der Waals surface area (Å²) < 4.78 is 0. The molecule has 0 spiro atoms. The Bertz CT molecular complexity index is 3090. The van der Waals surface area contributed by atoms with Crippen LogP contribution in [-0.2, 0) is 0 Å². The van der Waals surface area contributed by atoms with Crippen LogP contribution in [0.25, 0.3) is 101 Å². The van der Waals surface area contributed by atoms with Crippen molar-refractivity contribution in [2.75, 3.05) is 5.73 Å². The van der Waals surface area contributed by atoms with Crippen LogP contribution in [0.3, 0.4) is 0 Å². The second kappa shape index (κ2) is 15.4. The van der Waals surface area contributed by atoms with Gasteiger partial charge < -0.3 is 5.73 Å². The fraction of sp³-hybridized carbons (Fsp3) is 0. The molecule has 0 aliphatic carbocycles. The fourth-order valence-electron chi connectivity index (χ4n) is 7.56. The van der Waals surface area contributed by atoms with Gasteiger partial charge in [-0.05, 0) is 57.6 Å². The van der Waals surface area contributed by atoms with Crippen molar-refractivity contribution < 1.29 is 0 Å². The number of hydrogen-bond acceptors (Lipinski definition) is 6. The molecule has 0 aliphatic heterocycles. The molecule has 10 rings (SSSR count). The van der Waals surface area contributed by atoms with Crippen LogP contribution in [0.2, 0.25) is 0 Å². The molecule has 10 aromatic rings. The maximum atomic E-state index is 6.00. The highest BCUT2D eigenvalue weighted by Crippen LogP contribution is 2.39. The van der Waals surface area contributed by atoms with E-state index < -0.39 is 0 Å². The number of para-hydroxylation sites is 1. The molecule has 0 atom stereocenters. The third-order valence-electron chi connectivity index (χ3n) is 10.5. The molecule has 2 N–H and O–H groups in total. The van der Waals surface area contributed by atoms with Crippen molar-refractivity contribution in [2.24, 2.45) is 0 Å². The first-order chi connectivity index (χ1) is 29.1. The number of benzene rings is 8. The van der Waals surface area contributed by atoms with Crippen molar-refractivity contribution in [3.05, 3.63) is 206 Å². The van der Waals surface area contributed by atoms with E-state index in [-0.39, 0.29) is 0 Å². The molecule has 0 unspecified atom stereocenters. The topological polar surface area (TPSA) is 90.5 Å². The predicted octanol–water partition coefficient (Wildman–Crippen LogP) is 12.7. The lowest BCUT2D eigenvalue weighted by molar-refractivity contribution is 1.07. The van der Waals surface area contributed by atoms with Crippen LogP contribution in [0.5, 0.6) is 0 Å². The highest BCUT2D eigenvalue weighted by molar-refractivity contribution is 5.94. The van der Waals surface area contributed by atoms with Gasteiger partial charge in [-0.2, -0.15) is 0 Å². The number of fused-ring (bicyclic) bond motifs is 1. The van der Waals surface area contributed by atoms with E-state index in [1.165, 1.54) is 0 Å². The summed E-state index contributed by atoms with van der Waals surface area (Å²) in [5.41, 5.74) is 19.6. The molecule has 278 valence electrons. The smallest absolute Gasteiger partial charge is 0.164 e. The zero-order valence-electron chi connectivity index (χ0n) is 31.9. The molecule has 59 heavy (non-hydrogen) atoms. The summed E-state index contributed by atoms with van der Waals surface area (Å²) in [7, 11) is 0. The maximum absolute atomic E-state index is 6.00. The number of hydrogen-bond donors (Lipinski definition) is 1. The molecule has 6 heteroatoms. The average molecular weight is 757 g/mol. The lowest BCUT2D eigenvalue weighted by Crippen LogP contribution is -2.01. The lowest BCUT2D eigenvalue weighted by Gasteiger charge is -2.15. The van der Waals surface area contributed by atoms with Gasteiger partial charge in [0.1, 0.15) is 0 Å². The fourth-order valence-corrected chi connectivity index (χ4v) is 7.56. The van der Waals surface area contributed by atoms with Crippen molar-refractivity contribution >= 4 is 16.6 Å². The minimum Gasteiger partial charge on any atom is -0.399 e. The van der Waals surface area contributed by atoms with Crippen molar-refractivity contribution in [2.45, 2.75) is 0 Å². The summed E-state index contributed by atoms with van der Waals surface area (Å²) >= 11 is 0. The van der Waals surface area contributed by atoms with E-state index in [0.29, 0.717) is 23.3 Å². The highest BCUT2D eigenvalue weighted by Gasteiger charge is 2.18. The van der Waals surface area contributed by atoms with E-state index in [4.69, 9.17) is 30.7 Å². The molecule has 0 amide bonds. The maximum Gasteiger partial charge on any atom is 0.164 e. The van der Waals surface area contributed by atoms with E-state index in [9.17, 15) is 0 Å². The predicted molar refractivity (Wildman–Crippen MR) is 241 cm³/mol. The van der Waals surface area contributed by atoms with Gasteiger partial charge in [0, 0.05) is 38.9 Å². The van der Waals surface area contributed by atoms with Crippen LogP contribution in [0, 0.1) is 0 Å². The normalized spacial score (nSPS) is 11.1. The molecule has 0 aliphatic rings. The molecule has 0 radical (unpaired) electrons. The third-order valence-corrected chi connectivity index (χ3v) is 10.5. The summed E-state index contributed by atoms with van der Waals surface area (Å²) in [5.74, 6) is 2.48. The molecule has 6 nitrogen and oxygen atoms in total. The Balaban J connectivity index is 1.06. The van der Waals surface area contributed by atoms with Gasteiger partial charge in [-0.3, -0.25) is 0 Å².